The van der Waals surface area contributed by atoms with Gasteiger partial charge in [0.05, 0.1) is 6.61 Å². The summed E-state index contributed by atoms with van der Waals surface area (Å²) in [5, 5.41) is 9.14. The molecule has 18 heavy (non-hydrogen) atoms. The summed E-state index contributed by atoms with van der Waals surface area (Å²) in [4.78, 5) is 11.0. The predicted octanol–water partition coefficient (Wildman–Crippen LogP) is 0.847. The van der Waals surface area contributed by atoms with Crippen molar-refractivity contribution in [3.63, 3.8) is 0 Å². The zero-order valence-electron chi connectivity index (χ0n) is 10.9. The molecule has 0 aliphatic heterocycles. The van der Waals surface area contributed by atoms with Crippen LogP contribution in [0.4, 0.5) is 11.6 Å². The highest BCUT2D eigenvalue weighted by Gasteiger charge is 2.28. The fourth-order valence-electron chi connectivity index (χ4n) is 1.94. The second-order valence-electron chi connectivity index (χ2n) is 4.90. The van der Waals surface area contributed by atoms with Gasteiger partial charge in [-0.2, -0.15) is 0 Å². The molecule has 1 fully saturated rings. The number of nitrogen functional groups attached to an aromatic ring is 1. The van der Waals surface area contributed by atoms with E-state index in [1.807, 2.05) is 6.07 Å². The molecule has 0 unspecified atom stereocenters. The highest BCUT2D eigenvalue weighted by atomic mass is 16.3. The highest BCUT2D eigenvalue weighted by molar-refractivity contribution is 5.50. The van der Waals surface area contributed by atoms with E-state index in [0.717, 1.165) is 24.5 Å². The average Bonchev–Trinajstić information content (AvgIpc) is 3.19. The number of aromatic nitrogens is 2. The number of aliphatic hydroxyl groups excluding tert-OH is 1. The van der Waals surface area contributed by atoms with Gasteiger partial charge in [-0.05, 0) is 26.7 Å². The van der Waals surface area contributed by atoms with Crippen molar-refractivity contribution >= 4 is 11.6 Å². The summed E-state index contributed by atoms with van der Waals surface area (Å²) in [5.41, 5.74) is 2.59. The maximum atomic E-state index is 9.14. The predicted molar refractivity (Wildman–Crippen MR) is 71.4 cm³/mol. The molecule has 4 N–H and O–H groups in total. The molecule has 0 aromatic carbocycles. The molecular formula is C12H21N5O. The third kappa shape index (κ3) is 2.88. The van der Waals surface area contributed by atoms with Crippen LogP contribution in [0.25, 0.3) is 0 Å². The van der Waals surface area contributed by atoms with Crippen molar-refractivity contribution < 1.29 is 5.11 Å². The highest BCUT2D eigenvalue weighted by Crippen LogP contribution is 2.39. The molecule has 6 nitrogen and oxygen atoms in total. The number of anilines is 2. The molecule has 0 saturated heterocycles. The Morgan fingerprint density at radius 1 is 1.50 bits per heavy atom. The van der Waals surface area contributed by atoms with E-state index in [2.05, 4.69) is 34.1 Å². The zero-order valence-corrected chi connectivity index (χ0v) is 10.9. The van der Waals surface area contributed by atoms with Crippen LogP contribution in [0.2, 0.25) is 0 Å². The van der Waals surface area contributed by atoms with Crippen LogP contribution in [-0.2, 0) is 0 Å². The Labute approximate surface area is 107 Å². The van der Waals surface area contributed by atoms with E-state index in [9.17, 15) is 0 Å². The summed E-state index contributed by atoms with van der Waals surface area (Å²) in [6.07, 6.45) is 2.30. The number of hydrazine groups is 1. The lowest BCUT2D eigenvalue weighted by molar-refractivity contribution is 0.298. The molecular weight excluding hydrogens is 230 g/mol. The average molecular weight is 251 g/mol. The molecule has 1 aliphatic rings. The molecule has 100 valence electrons. The number of hydrogen-bond donors (Lipinski definition) is 3. The summed E-state index contributed by atoms with van der Waals surface area (Å²) in [6.45, 7) is 4.81. The van der Waals surface area contributed by atoms with Gasteiger partial charge in [-0.3, -0.25) is 0 Å². The third-order valence-corrected chi connectivity index (χ3v) is 3.08. The first kappa shape index (κ1) is 13.0. The Balaban J connectivity index is 2.31. The molecule has 1 aliphatic carbocycles. The first-order chi connectivity index (χ1) is 8.65. The van der Waals surface area contributed by atoms with Crippen molar-refractivity contribution in [3.05, 3.63) is 11.9 Å². The fraction of sp³-hybridized carbons (Fsp3) is 0.667. The third-order valence-electron chi connectivity index (χ3n) is 3.08. The SMILES string of the molecule is CC(C)N(CCO)c1cc(NN)nc(C2CC2)n1. The fourth-order valence-corrected chi connectivity index (χ4v) is 1.94. The lowest BCUT2D eigenvalue weighted by Crippen LogP contribution is -2.34. The van der Waals surface area contributed by atoms with Crippen LogP contribution >= 0.6 is 0 Å². The van der Waals surface area contributed by atoms with Crippen LogP contribution in [0.3, 0.4) is 0 Å². The maximum absolute atomic E-state index is 9.14. The number of nitrogens with two attached hydrogens (primary N) is 1. The van der Waals surface area contributed by atoms with E-state index in [4.69, 9.17) is 10.9 Å². The molecule has 6 heteroatoms. The first-order valence-corrected chi connectivity index (χ1v) is 6.38. The number of hydrogen-bond acceptors (Lipinski definition) is 6. The van der Waals surface area contributed by atoms with Gasteiger partial charge in [0.25, 0.3) is 0 Å². The van der Waals surface area contributed by atoms with E-state index in [0.29, 0.717) is 18.3 Å². The lowest BCUT2D eigenvalue weighted by Gasteiger charge is -2.27. The van der Waals surface area contributed by atoms with Gasteiger partial charge in [0.1, 0.15) is 17.5 Å². The summed E-state index contributed by atoms with van der Waals surface area (Å²) >= 11 is 0. The van der Waals surface area contributed by atoms with Gasteiger partial charge in [0.15, 0.2) is 0 Å². The molecule has 0 radical (unpaired) electrons. The Bertz CT molecular complexity index is 405. The van der Waals surface area contributed by atoms with Crippen LogP contribution < -0.4 is 16.2 Å². The molecule has 0 bridgehead atoms. The van der Waals surface area contributed by atoms with Crippen LogP contribution in [0.1, 0.15) is 38.4 Å². The van der Waals surface area contributed by atoms with E-state index in [1.54, 1.807) is 0 Å². The summed E-state index contributed by atoms with van der Waals surface area (Å²) in [7, 11) is 0. The monoisotopic (exact) mass is 251 g/mol. The minimum absolute atomic E-state index is 0.104. The molecule has 1 aromatic rings. The lowest BCUT2D eigenvalue weighted by atomic mass is 10.3. The number of rotatable bonds is 6. The quantitative estimate of drug-likeness (QED) is 0.513. The van der Waals surface area contributed by atoms with Crippen molar-refractivity contribution in [3.8, 4) is 0 Å². The van der Waals surface area contributed by atoms with Crippen molar-refractivity contribution in [2.75, 3.05) is 23.5 Å². The van der Waals surface area contributed by atoms with Crippen molar-refractivity contribution in [1.29, 1.82) is 0 Å². The van der Waals surface area contributed by atoms with Gasteiger partial charge in [0, 0.05) is 24.6 Å². The second-order valence-corrected chi connectivity index (χ2v) is 4.90. The summed E-state index contributed by atoms with van der Waals surface area (Å²) in [5.74, 6) is 8.23. The Kier molecular flexibility index (Phi) is 3.98. The molecule has 1 aromatic heterocycles. The van der Waals surface area contributed by atoms with Gasteiger partial charge in [-0.25, -0.2) is 15.8 Å². The molecule has 2 rings (SSSR count). The van der Waals surface area contributed by atoms with E-state index >= 15 is 0 Å². The standard InChI is InChI=1S/C12H21N5O/c1-8(2)17(5-6-18)11-7-10(16-13)14-12(15-11)9-3-4-9/h7-9,18H,3-6,13H2,1-2H3,(H,14,15,16). The zero-order chi connectivity index (χ0) is 13.1. The topological polar surface area (TPSA) is 87.3 Å². The van der Waals surface area contributed by atoms with E-state index < -0.39 is 0 Å². The molecule has 0 spiro atoms. The Morgan fingerprint density at radius 3 is 2.72 bits per heavy atom. The van der Waals surface area contributed by atoms with Gasteiger partial charge >= 0.3 is 0 Å². The van der Waals surface area contributed by atoms with Gasteiger partial charge in [-0.15, -0.1) is 0 Å². The Hall–Kier alpha value is -1.40. The van der Waals surface area contributed by atoms with Crippen LogP contribution in [0.5, 0.6) is 0 Å². The number of nitrogens with one attached hydrogen (secondary N) is 1. The second kappa shape index (κ2) is 5.49. The van der Waals surface area contributed by atoms with Crippen LogP contribution in [-0.4, -0.2) is 34.3 Å². The minimum atomic E-state index is 0.104. The van der Waals surface area contributed by atoms with E-state index in [1.165, 1.54) is 0 Å². The van der Waals surface area contributed by atoms with Crippen molar-refractivity contribution in [1.82, 2.24) is 9.97 Å². The van der Waals surface area contributed by atoms with Gasteiger partial charge in [-0.1, -0.05) is 0 Å². The van der Waals surface area contributed by atoms with Crippen LogP contribution in [0.15, 0.2) is 6.07 Å². The molecule has 1 heterocycles. The van der Waals surface area contributed by atoms with Crippen molar-refractivity contribution in [2.24, 2.45) is 5.84 Å². The first-order valence-electron chi connectivity index (χ1n) is 6.38. The number of nitrogens with zero attached hydrogens (tertiary/aromatic N) is 3. The summed E-state index contributed by atoms with van der Waals surface area (Å²) in [6, 6.07) is 2.09. The largest absolute Gasteiger partial charge is 0.395 e. The van der Waals surface area contributed by atoms with Crippen LogP contribution in [0, 0.1) is 0 Å². The normalized spacial score (nSPS) is 14.9. The molecule has 0 atom stereocenters. The number of aliphatic hydroxyl groups is 1. The molecule has 1 saturated carbocycles. The maximum Gasteiger partial charge on any atom is 0.145 e. The summed E-state index contributed by atoms with van der Waals surface area (Å²) < 4.78 is 0. The van der Waals surface area contributed by atoms with Gasteiger partial charge in [0.2, 0.25) is 0 Å². The minimum Gasteiger partial charge on any atom is -0.395 e. The van der Waals surface area contributed by atoms with E-state index in [-0.39, 0.29) is 12.6 Å². The van der Waals surface area contributed by atoms with Gasteiger partial charge < -0.3 is 15.4 Å². The Morgan fingerprint density at radius 2 is 2.22 bits per heavy atom. The smallest absolute Gasteiger partial charge is 0.145 e. The van der Waals surface area contributed by atoms with Crippen molar-refractivity contribution in [2.45, 2.75) is 38.6 Å². The molecule has 0 amide bonds.